The summed E-state index contributed by atoms with van der Waals surface area (Å²) in [6.45, 7) is 0.410. The minimum Gasteiger partial charge on any atom is -0.250 e. The summed E-state index contributed by atoms with van der Waals surface area (Å²) in [7, 11) is -3.14. The summed E-state index contributed by atoms with van der Waals surface area (Å²) in [6.07, 6.45) is 1.97. The quantitative estimate of drug-likeness (QED) is 0.582. The monoisotopic (exact) mass is 282 g/mol. The van der Waals surface area contributed by atoms with E-state index in [0.29, 0.717) is 25.3 Å². The number of sulfonamides is 1. The molecule has 0 aliphatic heterocycles. The summed E-state index contributed by atoms with van der Waals surface area (Å²) in [5, 5.41) is 1.92. The molecule has 0 aromatic carbocycles. The second kappa shape index (κ2) is 7.21. The van der Waals surface area contributed by atoms with Crippen molar-refractivity contribution in [3.8, 4) is 0 Å². The number of thiazole rings is 1. The van der Waals surface area contributed by atoms with Gasteiger partial charge in [0.1, 0.15) is 0 Å². The topological polar surface area (TPSA) is 59.1 Å². The fraction of sp³-hybridized carbons (Fsp3) is 0.667. The van der Waals surface area contributed by atoms with Crippen molar-refractivity contribution in [2.75, 3.05) is 18.2 Å². The van der Waals surface area contributed by atoms with Crippen LogP contribution in [0.3, 0.4) is 0 Å². The predicted octanol–water partition coefficient (Wildman–Crippen LogP) is 1.62. The zero-order chi connectivity index (χ0) is 11.9. The van der Waals surface area contributed by atoms with Gasteiger partial charge in [-0.2, -0.15) is 0 Å². The lowest BCUT2D eigenvalue weighted by molar-refractivity contribution is 0.578. The molecule has 1 heterocycles. The Hall–Kier alpha value is -0.170. The number of unbranched alkanes of at least 4 members (excludes halogenated alkanes) is 1. The molecule has 0 atom stereocenters. The molecule has 0 unspecified atom stereocenters. The van der Waals surface area contributed by atoms with Crippen molar-refractivity contribution in [1.82, 2.24) is 9.71 Å². The highest BCUT2D eigenvalue weighted by Crippen LogP contribution is 2.01. The van der Waals surface area contributed by atoms with Crippen molar-refractivity contribution >= 4 is 33.0 Å². The minimum atomic E-state index is -3.14. The lowest BCUT2D eigenvalue weighted by Crippen LogP contribution is -2.28. The first-order valence-corrected chi connectivity index (χ1v) is 8.17. The molecule has 0 radical (unpaired) electrons. The summed E-state index contributed by atoms with van der Waals surface area (Å²) < 4.78 is 25.5. The Morgan fingerprint density at radius 1 is 1.44 bits per heavy atom. The van der Waals surface area contributed by atoms with Crippen LogP contribution in [-0.2, 0) is 16.4 Å². The molecule has 16 heavy (non-hydrogen) atoms. The van der Waals surface area contributed by atoms with Crippen LogP contribution in [-0.4, -0.2) is 31.6 Å². The van der Waals surface area contributed by atoms with Crippen molar-refractivity contribution in [3.63, 3.8) is 0 Å². The Bertz CT molecular complexity index is 378. The van der Waals surface area contributed by atoms with Crippen molar-refractivity contribution in [1.29, 1.82) is 0 Å². The molecule has 0 spiro atoms. The van der Waals surface area contributed by atoms with Gasteiger partial charge in [-0.05, 0) is 12.8 Å². The van der Waals surface area contributed by atoms with E-state index in [4.69, 9.17) is 11.6 Å². The van der Waals surface area contributed by atoms with E-state index in [1.807, 2.05) is 5.38 Å². The maximum absolute atomic E-state index is 11.5. The molecule has 0 saturated carbocycles. The first-order valence-electron chi connectivity index (χ1n) is 5.04. The lowest BCUT2D eigenvalue weighted by atomic mass is 10.3. The molecule has 1 aromatic heterocycles. The number of hydrogen-bond donors (Lipinski definition) is 1. The number of rotatable bonds is 8. The SMILES string of the molecule is O=S(=O)(CCCCCl)NCCc1cscn1. The number of aromatic nitrogens is 1. The molecule has 1 rings (SSSR count). The van der Waals surface area contributed by atoms with E-state index in [9.17, 15) is 8.42 Å². The number of hydrogen-bond acceptors (Lipinski definition) is 4. The molecule has 0 aliphatic carbocycles. The molecular formula is C9H15ClN2O2S2. The number of nitrogens with one attached hydrogen (secondary N) is 1. The van der Waals surface area contributed by atoms with Gasteiger partial charge in [0.05, 0.1) is 17.0 Å². The second-order valence-electron chi connectivity index (χ2n) is 3.34. The Labute approximate surface area is 105 Å². The van der Waals surface area contributed by atoms with Crippen LogP contribution in [0.25, 0.3) is 0 Å². The van der Waals surface area contributed by atoms with Gasteiger partial charge in [-0.25, -0.2) is 18.1 Å². The zero-order valence-corrected chi connectivity index (χ0v) is 11.2. The zero-order valence-electron chi connectivity index (χ0n) is 8.86. The molecule has 0 bridgehead atoms. The maximum atomic E-state index is 11.5. The van der Waals surface area contributed by atoms with Gasteiger partial charge in [0.15, 0.2) is 0 Å². The van der Waals surface area contributed by atoms with E-state index in [0.717, 1.165) is 12.1 Å². The molecule has 0 amide bonds. The molecule has 1 aromatic rings. The van der Waals surface area contributed by atoms with Crippen LogP contribution in [0, 0.1) is 0 Å². The molecule has 7 heteroatoms. The summed E-state index contributed by atoms with van der Waals surface area (Å²) >= 11 is 6.99. The molecule has 4 nitrogen and oxygen atoms in total. The van der Waals surface area contributed by atoms with Crippen LogP contribution in [0.5, 0.6) is 0 Å². The summed E-state index contributed by atoms with van der Waals surface area (Å²) in [5.41, 5.74) is 2.66. The third-order valence-electron chi connectivity index (χ3n) is 1.98. The normalized spacial score (nSPS) is 11.8. The van der Waals surface area contributed by atoms with Crippen molar-refractivity contribution in [2.45, 2.75) is 19.3 Å². The highest BCUT2D eigenvalue weighted by molar-refractivity contribution is 7.89. The summed E-state index contributed by atoms with van der Waals surface area (Å²) in [4.78, 5) is 4.08. The third-order valence-corrected chi connectivity index (χ3v) is 4.36. The summed E-state index contributed by atoms with van der Waals surface area (Å²) in [5.74, 6) is 0.658. The fourth-order valence-electron chi connectivity index (χ4n) is 1.15. The first kappa shape index (κ1) is 13.9. The van der Waals surface area contributed by atoms with E-state index in [-0.39, 0.29) is 5.75 Å². The van der Waals surface area contributed by atoms with Crippen LogP contribution < -0.4 is 4.72 Å². The van der Waals surface area contributed by atoms with E-state index in [1.165, 1.54) is 11.3 Å². The Balaban J connectivity index is 2.20. The van der Waals surface area contributed by atoms with E-state index >= 15 is 0 Å². The average molecular weight is 283 g/mol. The van der Waals surface area contributed by atoms with E-state index < -0.39 is 10.0 Å². The van der Waals surface area contributed by atoms with Gasteiger partial charge in [-0.3, -0.25) is 0 Å². The van der Waals surface area contributed by atoms with Gasteiger partial charge in [-0.15, -0.1) is 22.9 Å². The third kappa shape index (κ3) is 5.79. The van der Waals surface area contributed by atoms with Gasteiger partial charge < -0.3 is 0 Å². The molecule has 92 valence electrons. The van der Waals surface area contributed by atoms with Crippen LogP contribution in [0.4, 0.5) is 0 Å². The van der Waals surface area contributed by atoms with Crippen LogP contribution in [0.2, 0.25) is 0 Å². The smallest absolute Gasteiger partial charge is 0.211 e. The fourth-order valence-corrected chi connectivity index (χ4v) is 3.08. The van der Waals surface area contributed by atoms with Crippen molar-refractivity contribution in [3.05, 3.63) is 16.6 Å². The molecule has 1 N–H and O–H groups in total. The van der Waals surface area contributed by atoms with E-state index in [2.05, 4.69) is 9.71 Å². The first-order chi connectivity index (χ1) is 7.64. The van der Waals surface area contributed by atoms with E-state index in [1.54, 1.807) is 5.51 Å². The van der Waals surface area contributed by atoms with Gasteiger partial charge in [-0.1, -0.05) is 0 Å². The highest BCUT2D eigenvalue weighted by Gasteiger charge is 2.08. The minimum absolute atomic E-state index is 0.150. The van der Waals surface area contributed by atoms with Gasteiger partial charge in [0, 0.05) is 24.2 Å². The Morgan fingerprint density at radius 2 is 2.25 bits per heavy atom. The standard InChI is InChI=1S/C9H15ClN2O2S2/c10-4-1-2-6-16(13,14)12-5-3-9-7-15-8-11-9/h7-8,12H,1-6H2. The van der Waals surface area contributed by atoms with Crippen LogP contribution in [0.15, 0.2) is 10.9 Å². The maximum Gasteiger partial charge on any atom is 0.211 e. The largest absolute Gasteiger partial charge is 0.250 e. The number of halogens is 1. The van der Waals surface area contributed by atoms with Gasteiger partial charge in [0.25, 0.3) is 0 Å². The van der Waals surface area contributed by atoms with Gasteiger partial charge in [0.2, 0.25) is 10.0 Å². The van der Waals surface area contributed by atoms with Gasteiger partial charge >= 0.3 is 0 Å². The Kier molecular flexibility index (Phi) is 6.26. The highest BCUT2D eigenvalue weighted by atomic mass is 35.5. The molecule has 0 fully saturated rings. The molecule has 0 saturated heterocycles. The van der Waals surface area contributed by atoms with Crippen molar-refractivity contribution < 1.29 is 8.42 Å². The second-order valence-corrected chi connectivity index (χ2v) is 6.36. The Morgan fingerprint density at radius 3 is 2.88 bits per heavy atom. The summed E-state index contributed by atoms with van der Waals surface area (Å²) in [6, 6.07) is 0. The van der Waals surface area contributed by atoms with Crippen molar-refractivity contribution in [2.24, 2.45) is 0 Å². The number of nitrogens with zero attached hydrogens (tertiary/aromatic N) is 1. The average Bonchev–Trinajstić information content (AvgIpc) is 2.70. The molecule has 0 aliphatic rings. The molecular weight excluding hydrogens is 268 g/mol. The van der Waals surface area contributed by atoms with Crippen LogP contribution in [0.1, 0.15) is 18.5 Å². The lowest BCUT2D eigenvalue weighted by Gasteiger charge is -2.04. The number of alkyl halides is 1. The van der Waals surface area contributed by atoms with Crippen LogP contribution >= 0.6 is 22.9 Å². The predicted molar refractivity (Wildman–Crippen MR) is 67.6 cm³/mol.